The van der Waals surface area contributed by atoms with Crippen LogP contribution in [0.4, 0.5) is 11.4 Å². The van der Waals surface area contributed by atoms with Gasteiger partial charge in [-0.05, 0) is 40.7 Å². The van der Waals surface area contributed by atoms with Crippen LogP contribution in [0, 0.1) is 0 Å². The largest absolute Gasteiger partial charge is 0.494 e. The van der Waals surface area contributed by atoms with Crippen molar-refractivity contribution in [3.8, 4) is 23.0 Å². The monoisotopic (exact) mass is 525 g/mol. The lowest BCUT2D eigenvalue weighted by molar-refractivity contribution is -0.126. The zero-order valence-corrected chi connectivity index (χ0v) is 21.8. The number of ketones is 1. The van der Waals surface area contributed by atoms with Crippen LogP contribution in [-0.2, 0) is 9.59 Å². The van der Waals surface area contributed by atoms with E-state index in [0.29, 0.717) is 49.4 Å². The summed E-state index contributed by atoms with van der Waals surface area (Å²) in [6, 6.07) is 4.78. The van der Waals surface area contributed by atoms with Crippen LogP contribution in [0.25, 0.3) is 0 Å². The van der Waals surface area contributed by atoms with Gasteiger partial charge in [0.25, 0.3) is 5.91 Å². The molecule has 9 nitrogen and oxygen atoms in total. The van der Waals surface area contributed by atoms with Crippen LogP contribution in [0.1, 0.15) is 34.6 Å². The highest BCUT2D eigenvalue weighted by molar-refractivity contribution is 6.34. The molecule has 0 bridgehead atoms. The van der Waals surface area contributed by atoms with Gasteiger partial charge in [0.1, 0.15) is 28.6 Å². The Morgan fingerprint density at radius 3 is 2.03 bits per heavy atom. The third-order valence-electron chi connectivity index (χ3n) is 4.41. The molecule has 190 valence electrons. The molecule has 1 atom stereocenters. The predicted octanol–water partition coefficient (Wildman–Crippen LogP) is 6.27. The van der Waals surface area contributed by atoms with Gasteiger partial charge in [0.05, 0.1) is 36.5 Å². The maximum absolute atomic E-state index is 13.0. The Bertz CT molecular complexity index is 1080. The van der Waals surface area contributed by atoms with Crippen LogP contribution in [0.15, 0.2) is 34.5 Å². The first kappa shape index (κ1) is 28.2. The van der Waals surface area contributed by atoms with Crippen LogP contribution in [-0.4, -0.2) is 44.2 Å². The summed E-state index contributed by atoms with van der Waals surface area (Å²) >= 11 is 12.6. The fraction of sp³-hybridized carbons (Fsp3) is 0.417. The van der Waals surface area contributed by atoms with E-state index >= 15 is 0 Å². The van der Waals surface area contributed by atoms with Crippen molar-refractivity contribution >= 4 is 46.3 Å². The molecule has 0 radical (unpaired) electrons. The SMILES string of the molecule is CCOc1cc(Cl)c(NC(=O)C(N=Nc2cc(Cl)c(OCC)cc2OCC)C(C)=O)c(OCC)c1. The number of carbonyl (C=O) groups is 2. The lowest BCUT2D eigenvalue weighted by atomic mass is 10.2. The van der Waals surface area contributed by atoms with Crippen molar-refractivity contribution in [2.45, 2.75) is 40.7 Å². The summed E-state index contributed by atoms with van der Waals surface area (Å²) in [6.07, 6.45) is 0. The van der Waals surface area contributed by atoms with Gasteiger partial charge >= 0.3 is 0 Å². The molecule has 0 aliphatic carbocycles. The third-order valence-corrected chi connectivity index (χ3v) is 5.01. The van der Waals surface area contributed by atoms with Crippen molar-refractivity contribution in [1.29, 1.82) is 0 Å². The average molecular weight is 526 g/mol. The van der Waals surface area contributed by atoms with Crippen LogP contribution in [0.3, 0.4) is 0 Å². The minimum atomic E-state index is -1.45. The Labute approximate surface area is 214 Å². The molecule has 35 heavy (non-hydrogen) atoms. The van der Waals surface area contributed by atoms with E-state index in [1.54, 1.807) is 32.0 Å². The molecule has 11 heteroatoms. The van der Waals surface area contributed by atoms with Gasteiger partial charge in [0.2, 0.25) is 6.04 Å². The molecule has 0 aliphatic heterocycles. The second kappa shape index (κ2) is 13.7. The number of nitrogens with zero attached hydrogens (tertiary/aromatic N) is 2. The number of carbonyl (C=O) groups excluding carboxylic acids is 2. The zero-order chi connectivity index (χ0) is 26.0. The maximum atomic E-state index is 13.0. The number of anilines is 1. The van der Waals surface area contributed by atoms with Gasteiger partial charge in [-0.3, -0.25) is 9.59 Å². The molecule has 2 aromatic rings. The topological polar surface area (TPSA) is 108 Å². The average Bonchev–Trinajstić information content (AvgIpc) is 2.79. The van der Waals surface area contributed by atoms with E-state index in [4.69, 9.17) is 42.1 Å². The number of hydrogen-bond donors (Lipinski definition) is 1. The Hall–Kier alpha value is -3.04. The first-order chi connectivity index (χ1) is 16.7. The van der Waals surface area contributed by atoms with Crippen LogP contribution < -0.4 is 24.3 Å². The van der Waals surface area contributed by atoms with Crippen LogP contribution >= 0.6 is 23.2 Å². The molecule has 0 saturated heterocycles. The second-order valence-electron chi connectivity index (χ2n) is 6.98. The summed E-state index contributed by atoms with van der Waals surface area (Å²) in [7, 11) is 0. The Morgan fingerprint density at radius 2 is 1.43 bits per heavy atom. The molecule has 0 aromatic heterocycles. The van der Waals surface area contributed by atoms with Crippen molar-refractivity contribution < 1.29 is 28.5 Å². The van der Waals surface area contributed by atoms with Gasteiger partial charge in [-0.1, -0.05) is 23.2 Å². The third kappa shape index (κ3) is 7.73. The van der Waals surface area contributed by atoms with E-state index in [9.17, 15) is 9.59 Å². The lowest BCUT2D eigenvalue weighted by Crippen LogP contribution is -2.32. The molecule has 0 saturated carbocycles. The molecule has 0 heterocycles. The summed E-state index contributed by atoms with van der Waals surface area (Å²) in [6.45, 7) is 10.0. The van der Waals surface area contributed by atoms with Gasteiger partial charge in [-0.15, -0.1) is 0 Å². The summed E-state index contributed by atoms with van der Waals surface area (Å²) < 4.78 is 22.1. The number of azo groups is 1. The van der Waals surface area contributed by atoms with E-state index in [-0.39, 0.29) is 21.4 Å². The molecular weight excluding hydrogens is 497 g/mol. The van der Waals surface area contributed by atoms with E-state index < -0.39 is 17.7 Å². The summed E-state index contributed by atoms with van der Waals surface area (Å²) in [5.74, 6) is 0.293. The molecule has 0 aliphatic rings. The van der Waals surface area contributed by atoms with E-state index in [1.807, 2.05) is 13.8 Å². The first-order valence-electron chi connectivity index (χ1n) is 11.2. The minimum absolute atomic E-state index is 0.184. The summed E-state index contributed by atoms with van der Waals surface area (Å²) in [5, 5.41) is 11.2. The second-order valence-corrected chi connectivity index (χ2v) is 7.79. The van der Waals surface area contributed by atoms with Gasteiger partial charge in [-0.25, -0.2) is 0 Å². The van der Waals surface area contributed by atoms with Crippen LogP contribution in [0.5, 0.6) is 23.0 Å². The van der Waals surface area contributed by atoms with E-state index in [2.05, 4.69) is 15.5 Å². The Kier molecular flexibility index (Phi) is 11.1. The molecule has 1 unspecified atom stereocenters. The van der Waals surface area contributed by atoms with Crippen molar-refractivity contribution in [3.63, 3.8) is 0 Å². The highest BCUT2D eigenvalue weighted by Gasteiger charge is 2.26. The fourth-order valence-electron chi connectivity index (χ4n) is 2.97. The number of nitrogens with one attached hydrogen (secondary N) is 1. The van der Waals surface area contributed by atoms with Crippen molar-refractivity contribution in [1.82, 2.24) is 0 Å². The number of benzene rings is 2. The molecule has 2 rings (SSSR count). The van der Waals surface area contributed by atoms with Crippen molar-refractivity contribution in [2.24, 2.45) is 10.2 Å². The minimum Gasteiger partial charge on any atom is -0.494 e. The predicted molar refractivity (Wildman–Crippen MR) is 135 cm³/mol. The van der Waals surface area contributed by atoms with Gasteiger partial charge in [0, 0.05) is 18.2 Å². The molecule has 0 spiro atoms. The summed E-state index contributed by atoms with van der Waals surface area (Å²) in [5.41, 5.74) is 0.441. The fourth-order valence-corrected chi connectivity index (χ4v) is 3.43. The molecular formula is C24H29Cl2N3O6. The number of halogens is 2. The number of amides is 1. The van der Waals surface area contributed by atoms with E-state index in [0.717, 1.165) is 0 Å². The number of rotatable bonds is 13. The van der Waals surface area contributed by atoms with Gasteiger partial charge < -0.3 is 24.3 Å². The highest BCUT2D eigenvalue weighted by Crippen LogP contribution is 2.39. The molecule has 1 amide bonds. The van der Waals surface area contributed by atoms with Gasteiger partial charge in [-0.2, -0.15) is 10.2 Å². The van der Waals surface area contributed by atoms with Crippen molar-refractivity contribution in [2.75, 3.05) is 31.7 Å². The normalized spacial score (nSPS) is 11.7. The number of Topliss-reactive ketones (excluding diaryl/α,β-unsaturated/α-hetero) is 1. The van der Waals surface area contributed by atoms with Crippen molar-refractivity contribution in [3.05, 3.63) is 34.3 Å². The quantitative estimate of drug-likeness (QED) is 0.244. The standard InChI is InChI=1S/C24H29Cl2N3O6/c1-6-32-15-10-17(26)23(21(11-15)35-9-4)27-24(31)22(14(5)30)29-28-18-12-16(25)19(33-7-2)13-20(18)34-8-3/h10-13,22H,6-9H2,1-5H3,(H,27,31). The van der Waals surface area contributed by atoms with E-state index in [1.165, 1.54) is 13.0 Å². The Morgan fingerprint density at radius 1 is 0.829 bits per heavy atom. The Balaban J connectivity index is 2.37. The lowest BCUT2D eigenvalue weighted by Gasteiger charge is -2.16. The summed E-state index contributed by atoms with van der Waals surface area (Å²) in [4.78, 5) is 25.3. The molecule has 2 aromatic carbocycles. The number of ether oxygens (including phenoxy) is 4. The van der Waals surface area contributed by atoms with Crippen LogP contribution in [0.2, 0.25) is 10.0 Å². The zero-order valence-electron chi connectivity index (χ0n) is 20.3. The maximum Gasteiger partial charge on any atom is 0.258 e. The first-order valence-corrected chi connectivity index (χ1v) is 11.9. The molecule has 0 fully saturated rings. The smallest absolute Gasteiger partial charge is 0.258 e. The highest BCUT2D eigenvalue weighted by atomic mass is 35.5. The number of hydrogen-bond acceptors (Lipinski definition) is 8. The van der Waals surface area contributed by atoms with Gasteiger partial charge in [0.15, 0.2) is 11.5 Å². The molecule has 1 N–H and O–H groups in total.